The molecule has 0 aliphatic heterocycles. The number of methoxy groups -OCH3 is 1. The SMILES string of the molecule is COc1ccc(C)cc1-n1nnnc1SCC(=O)N[C@H](C)c1ccc(C)c(C)c1. The standard InChI is InChI=1S/C21H25N5O2S/c1-13-6-9-19(28-5)18(10-13)26-21(23-24-25-26)29-12-20(27)22-16(4)17-8-7-14(2)15(3)11-17/h6-11,16H,12H2,1-5H3,(H,22,27)/t16-/m1/s1. The summed E-state index contributed by atoms with van der Waals surface area (Å²) >= 11 is 1.28. The van der Waals surface area contributed by atoms with E-state index in [9.17, 15) is 4.79 Å². The van der Waals surface area contributed by atoms with Crippen molar-refractivity contribution in [1.82, 2.24) is 25.5 Å². The van der Waals surface area contributed by atoms with Gasteiger partial charge in [-0.05, 0) is 72.5 Å². The molecule has 29 heavy (non-hydrogen) atoms. The lowest BCUT2D eigenvalue weighted by Crippen LogP contribution is -2.28. The summed E-state index contributed by atoms with van der Waals surface area (Å²) in [5.74, 6) is 0.799. The molecule has 7 nitrogen and oxygen atoms in total. The summed E-state index contributed by atoms with van der Waals surface area (Å²) in [6.07, 6.45) is 0. The van der Waals surface area contributed by atoms with Crippen molar-refractivity contribution in [1.29, 1.82) is 0 Å². The van der Waals surface area contributed by atoms with Gasteiger partial charge in [0.1, 0.15) is 11.4 Å². The van der Waals surface area contributed by atoms with Crippen LogP contribution in [0.5, 0.6) is 5.75 Å². The molecule has 0 aliphatic rings. The van der Waals surface area contributed by atoms with Gasteiger partial charge in [0.2, 0.25) is 11.1 Å². The molecule has 3 aromatic rings. The number of tetrazole rings is 1. The van der Waals surface area contributed by atoms with E-state index in [2.05, 4.69) is 46.8 Å². The number of hydrogen-bond acceptors (Lipinski definition) is 6. The summed E-state index contributed by atoms with van der Waals surface area (Å²) in [7, 11) is 1.60. The molecule has 0 saturated carbocycles. The van der Waals surface area contributed by atoms with Gasteiger partial charge in [0.25, 0.3) is 0 Å². The molecule has 0 radical (unpaired) electrons. The van der Waals surface area contributed by atoms with Crippen LogP contribution < -0.4 is 10.1 Å². The van der Waals surface area contributed by atoms with E-state index in [4.69, 9.17) is 4.74 Å². The molecule has 1 amide bonds. The Hall–Kier alpha value is -2.87. The molecular formula is C21H25N5O2S. The van der Waals surface area contributed by atoms with Gasteiger partial charge in [-0.25, -0.2) is 0 Å². The second kappa shape index (κ2) is 9.09. The second-order valence-corrected chi connectivity index (χ2v) is 7.91. The Morgan fingerprint density at radius 2 is 1.97 bits per heavy atom. The highest BCUT2D eigenvalue weighted by molar-refractivity contribution is 7.99. The molecule has 152 valence electrons. The zero-order valence-electron chi connectivity index (χ0n) is 17.3. The maximum Gasteiger partial charge on any atom is 0.230 e. The summed E-state index contributed by atoms with van der Waals surface area (Å²) in [4.78, 5) is 12.5. The Morgan fingerprint density at radius 3 is 2.69 bits per heavy atom. The predicted molar refractivity (Wildman–Crippen MR) is 114 cm³/mol. The van der Waals surface area contributed by atoms with Crippen molar-refractivity contribution in [3.63, 3.8) is 0 Å². The number of carbonyl (C=O) groups excluding carboxylic acids is 1. The van der Waals surface area contributed by atoms with Crippen LogP contribution in [0.2, 0.25) is 0 Å². The first-order valence-corrected chi connectivity index (χ1v) is 10.3. The largest absolute Gasteiger partial charge is 0.494 e. The van der Waals surface area contributed by atoms with Gasteiger partial charge in [-0.1, -0.05) is 36.0 Å². The minimum absolute atomic E-state index is 0.0738. The summed E-state index contributed by atoms with van der Waals surface area (Å²) < 4.78 is 7.01. The van der Waals surface area contributed by atoms with Crippen LogP contribution in [0.15, 0.2) is 41.6 Å². The average molecular weight is 412 g/mol. The summed E-state index contributed by atoms with van der Waals surface area (Å²) in [5, 5.41) is 15.4. The fourth-order valence-corrected chi connectivity index (χ4v) is 3.61. The van der Waals surface area contributed by atoms with Crippen molar-refractivity contribution in [3.8, 4) is 11.4 Å². The van der Waals surface area contributed by atoms with Gasteiger partial charge in [-0.2, -0.15) is 4.68 Å². The van der Waals surface area contributed by atoms with E-state index in [1.807, 2.05) is 38.1 Å². The third-order valence-electron chi connectivity index (χ3n) is 4.74. The fourth-order valence-electron chi connectivity index (χ4n) is 2.92. The molecule has 1 heterocycles. The number of rotatable bonds is 7. The van der Waals surface area contributed by atoms with Crippen LogP contribution in [-0.2, 0) is 4.79 Å². The number of ether oxygens (including phenoxy) is 1. The molecule has 0 aliphatic carbocycles. The Balaban J connectivity index is 1.67. The van der Waals surface area contributed by atoms with Crippen LogP contribution in [0.1, 0.15) is 35.2 Å². The monoisotopic (exact) mass is 411 g/mol. The van der Waals surface area contributed by atoms with E-state index in [1.165, 1.54) is 22.9 Å². The van der Waals surface area contributed by atoms with Crippen LogP contribution >= 0.6 is 11.8 Å². The average Bonchev–Trinajstić information content (AvgIpc) is 3.16. The molecule has 1 N–H and O–H groups in total. The quantitative estimate of drug-likeness (QED) is 0.599. The molecule has 0 fully saturated rings. The highest BCUT2D eigenvalue weighted by atomic mass is 32.2. The van der Waals surface area contributed by atoms with Gasteiger partial charge in [0.05, 0.1) is 18.9 Å². The zero-order valence-corrected chi connectivity index (χ0v) is 18.1. The second-order valence-electron chi connectivity index (χ2n) is 6.97. The first-order valence-electron chi connectivity index (χ1n) is 9.31. The van der Waals surface area contributed by atoms with Crippen LogP contribution in [0.4, 0.5) is 0 Å². The van der Waals surface area contributed by atoms with Gasteiger partial charge < -0.3 is 10.1 Å². The van der Waals surface area contributed by atoms with Crippen LogP contribution in [0, 0.1) is 20.8 Å². The van der Waals surface area contributed by atoms with Crippen molar-refractivity contribution in [2.45, 2.75) is 38.9 Å². The van der Waals surface area contributed by atoms with Crippen LogP contribution in [0.25, 0.3) is 5.69 Å². The summed E-state index contributed by atoms with van der Waals surface area (Å²) in [6, 6.07) is 11.9. The third kappa shape index (κ3) is 4.95. The lowest BCUT2D eigenvalue weighted by Gasteiger charge is -2.15. The van der Waals surface area contributed by atoms with Gasteiger partial charge in [0, 0.05) is 0 Å². The molecule has 0 unspecified atom stereocenters. The molecule has 2 aromatic carbocycles. The molecule has 1 aromatic heterocycles. The number of aromatic nitrogens is 4. The number of benzene rings is 2. The first-order chi connectivity index (χ1) is 13.9. The number of carbonyl (C=O) groups is 1. The lowest BCUT2D eigenvalue weighted by atomic mass is 10.0. The maximum atomic E-state index is 12.5. The molecule has 0 bridgehead atoms. The Kier molecular flexibility index (Phi) is 6.53. The Morgan fingerprint density at radius 1 is 1.17 bits per heavy atom. The van der Waals surface area contributed by atoms with E-state index in [-0.39, 0.29) is 17.7 Å². The first kappa shape index (κ1) is 20.9. The normalized spacial score (nSPS) is 11.9. The number of thioether (sulfide) groups is 1. The van der Waals surface area contributed by atoms with Crippen molar-refractivity contribution < 1.29 is 9.53 Å². The summed E-state index contributed by atoms with van der Waals surface area (Å²) in [6.45, 7) is 8.12. The van der Waals surface area contributed by atoms with Gasteiger partial charge in [-0.3, -0.25) is 4.79 Å². The van der Waals surface area contributed by atoms with Crippen molar-refractivity contribution >= 4 is 17.7 Å². The van der Waals surface area contributed by atoms with Crippen LogP contribution in [0.3, 0.4) is 0 Å². The molecule has 3 rings (SSSR count). The Bertz CT molecular complexity index is 1020. The number of hydrogen-bond donors (Lipinski definition) is 1. The lowest BCUT2D eigenvalue weighted by molar-refractivity contribution is -0.119. The van der Waals surface area contributed by atoms with Crippen molar-refractivity contribution in [3.05, 3.63) is 58.7 Å². The minimum Gasteiger partial charge on any atom is -0.494 e. The highest BCUT2D eigenvalue weighted by Gasteiger charge is 2.16. The van der Waals surface area contributed by atoms with Gasteiger partial charge in [0.15, 0.2) is 0 Å². The van der Waals surface area contributed by atoms with Crippen LogP contribution in [-0.4, -0.2) is 39.0 Å². The molecule has 0 saturated heterocycles. The topological polar surface area (TPSA) is 81.9 Å². The molecule has 1 atom stereocenters. The van der Waals surface area contributed by atoms with Crippen molar-refractivity contribution in [2.24, 2.45) is 0 Å². The zero-order chi connectivity index (χ0) is 21.0. The van der Waals surface area contributed by atoms with E-state index in [1.54, 1.807) is 11.8 Å². The number of amides is 1. The van der Waals surface area contributed by atoms with Gasteiger partial charge in [-0.15, -0.1) is 5.10 Å². The highest BCUT2D eigenvalue weighted by Crippen LogP contribution is 2.27. The summed E-state index contributed by atoms with van der Waals surface area (Å²) in [5.41, 5.74) is 5.34. The van der Waals surface area contributed by atoms with E-state index in [0.29, 0.717) is 10.9 Å². The fraction of sp³-hybridized carbons (Fsp3) is 0.333. The third-order valence-corrected chi connectivity index (χ3v) is 5.66. The number of nitrogens with zero attached hydrogens (tertiary/aromatic N) is 4. The van der Waals surface area contributed by atoms with Gasteiger partial charge >= 0.3 is 0 Å². The Labute approximate surface area is 174 Å². The number of aryl methyl sites for hydroxylation is 3. The number of nitrogens with one attached hydrogen (secondary N) is 1. The molecular weight excluding hydrogens is 386 g/mol. The molecule has 8 heteroatoms. The molecule has 0 spiro atoms. The smallest absolute Gasteiger partial charge is 0.230 e. The maximum absolute atomic E-state index is 12.5. The van der Waals surface area contributed by atoms with E-state index < -0.39 is 0 Å². The predicted octanol–water partition coefficient (Wildman–Crippen LogP) is 3.57. The minimum atomic E-state index is -0.0773. The van der Waals surface area contributed by atoms with E-state index in [0.717, 1.165) is 16.8 Å². The van der Waals surface area contributed by atoms with Crippen molar-refractivity contribution in [2.75, 3.05) is 12.9 Å². The van der Waals surface area contributed by atoms with E-state index >= 15 is 0 Å².